The van der Waals surface area contributed by atoms with E-state index in [1.165, 1.54) is 0 Å². The van der Waals surface area contributed by atoms with E-state index in [1.807, 2.05) is 6.92 Å². The van der Waals surface area contributed by atoms with Gasteiger partial charge in [-0.05, 0) is 31.9 Å². The van der Waals surface area contributed by atoms with Gasteiger partial charge in [0.05, 0.1) is 5.56 Å². The van der Waals surface area contributed by atoms with Crippen molar-refractivity contribution in [2.75, 3.05) is 19.6 Å². The topological polar surface area (TPSA) is 49.4 Å². The third-order valence-corrected chi connectivity index (χ3v) is 3.54. The van der Waals surface area contributed by atoms with Gasteiger partial charge in [0.1, 0.15) is 11.6 Å². The summed E-state index contributed by atoms with van der Waals surface area (Å²) in [6, 6.07) is 2.81. The fourth-order valence-electron chi connectivity index (χ4n) is 2.18. The molecule has 1 N–H and O–H groups in total. The normalized spacial score (nSPS) is 10.4. The minimum absolute atomic E-state index is 0.0585. The smallest absolute Gasteiger partial charge is 0.254 e. The largest absolute Gasteiger partial charge is 0.352 e. The number of nitrogens with zero attached hydrogens (tertiary/aromatic N) is 1. The third-order valence-electron chi connectivity index (χ3n) is 3.54. The van der Waals surface area contributed by atoms with Crippen molar-refractivity contribution >= 4 is 11.8 Å². The van der Waals surface area contributed by atoms with E-state index < -0.39 is 17.5 Å². The van der Waals surface area contributed by atoms with E-state index in [2.05, 4.69) is 12.2 Å². The molecule has 6 heteroatoms. The maximum Gasteiger partial charge on any atom is 0.254 e. The third kappa shape index (κ3) is 6.34. The van der Waals surface area contributed by atoms with Crippen molar-refractivity contribution < 1.29 is 18.4 Å². The number of hydrogen-bond acceptors (Lipinski definition) is 2. The van der Waals surface area contributed by atoms with Crippen LogP contribution in [-0.4, -0.2) is 36.3 Å². The Balaban J connectivity index is 2.36. The van der Waals surface area contributed by atoms with Crippen LogP contribution >= 0.6 is 0 Å². The van der Waals surface area contributed by atoms with Gasteiger partial charge in [0.15, 0.2) is 0 Å². The Hall–Kier alpha value is -1.98. The molecule has 0 aliphatic heterocycles. The van der Waals surface area contributed by atoms with E-state index in [0.29, 0.717) is 25.5 Å². The zero-order chi connectivity index (χ0) is 17.2. The Morgan fingerprint density at radius 3 is 2.52 bits per heavy atom. The molecule has 1 aromatic carbocycles. The zero-order valence-corrected chi connectivity index (χ0v) is 13.7. The number of hydrogen-bond donors (Lipinski definition) is 1. The summed E-state index contributed by atoms with van der Waals surface area (Å²) < 4.78 is 26.2. The molecule has 0 bridgehead atoms. The average Bonchev–Trinajstić information content (AvgIpc) is 2.52. The lowest BCUT2D eigenvalue weighted by molar-refractivity contribution is -0.131. The maximum absolute atomic E-state index is 13.4. The van der Waals surface area contributed by atoms with Crippen LogP contribution in [-0.2, 0) is 4.79 Å². The van der Waals surface area contributed by atoms with E-state index in [0.717, 1.165) is 31.5 Å². The molecule has 0 aromatic heterocycles. The molecule has 0 fully saturated rings. The van der Waals surface area contributed by atoms with Crippen molar-refractivity contribution in [2.24, 2.45) is 0 Å². The number of nitrogens with one attached hydrogen (secondary N) is 1. The van der Waals surface area contributed by atoms with E-state index in [9.17, 15) is 18.4 Å². The molecule has 0 saturated carbocycles. The Bertz CT molecular complexity index is 535. The predicted octanol–water partition coefficient (Wildman–Crippen LogP) is 3.12. The molecule has 1 rings (SSSR count). The van der Waals surface area contributed by atoms with Crippen LogP contribution in [0.5, 0.6) is 0 Å². The van der Waals surface area contributed by atoms with Crippen LogP contribution in [0.4, 0.5) is 8.78 Å². The highest BCUT2D eigenvalue weighted by Gasteiger charge is 2.13. The fraction of sp³-hybridized carbons (Fsp3) is 0.529. The first-order valence-electron chi connectivity index (χ1n) is 8.00. The average molecular weight is 326 g/mol. The second-order valence-electron chi connectivity index (χ2n) is 5.31. The van der Waals surface area contributed by atoms with Crippen LogP contribution in [0.15, 0.2) is 18.2 Å². The quantitative estimate of drug-likeness (QED) is 0.709. The fourth-order valence-corrected chi connectivity index (χ4v) is 2.18. The summed E-state index contributed by atoms with van der Waals surface area (Å²) in [5.74, 6) is -2.16. The molecular formula is C17H24F2N2O2. The molecule has 2 amide bonds. The van der Waals surface area contributed by atoms with Gasteiger partial charge in [0, 0.05) is 32.1 Å². The number of amides is 2. The molecular weight excluding hydrogens is 302 g/mol. The second kappa shape index (κ2) is 9.92. The van der Waals surface area contributed by atoms with E-state index in [-0.39, 0.29) is 18.0 Å². The van der Waals surface area contributed by atoms with Crippen molar-refractivity contribution in [1.82, 2.24) is 10.2 Å². The summed E-state index contributed by atoms with van der Waals surface area (Å²) >= 11 is 0. The van der Waals surface area contributed by atoms with Gasteiger partial charge >= 0.3 is 0 Å². The number of benzene rings is 1. The monoisotopic (exact) mass is 326 g/mol. The summed E-state index contributed by atoms with van der Waals surface area (Å²) in [5.41, 5.74) is -0.198. The molecule has 0 saturated heterocycles. The summed E-state index contributed by atoms with van der Waals surface area (Å²) in [6.45, 7) is 5.70. The molecule has 0 unspecified atom stereocenters. The molecule has 0 aliphatic carbocycles. The molecule has 0 aliphatic rings. The van der Waals surface area contributed by atoms with Crippen LogP contribution in [0.2, 0.25) is 0 Å². The molecule has 23 heavy (non-hydrogen) atoms. The van der Waals surface area contributed by atoms with E-state index in [1.54, 1.807) is 4.90 Å². The minimum Gasteiger partial charge on any atom is -0.352 e. The molecule has 128 valence electrons. The first kappa shape index (κ1) is 19.1. The van der Waals surface area contributed by atoms with Crippen LogP contribution in [0.1, 0.15) is 49.9 Å². The van der Waals surface area contributed by atoms with Crippen LogP contribution in [0.25, 0.3) is 0 Å². The zero-order valence-electron chi connectivity index (χ0n) is 13.7. The summed E-state index contributed by atoms with van der Waals surface area (Å²) in [7, 11) is 0. The van der Waals surface area contributed by atoms with Gasteiger partial charge in [-0.3, -0.25) is 9.59 Å². The first-order chi connectivity index (χ1) is 11.0. The van der Waals surface area contributed by atoms with Crippen molar-refractivity contribution in [3.05, 3.63) is 35.4 Å². The summed E-state index contributed by atoms with van der Waals surface area (Å²) in [6.07, 6.45) is 2.82. The first-order valence-corrected chi connectivity index (χ1v) is 8.00. The van der Waals surface area contributed by atoms with Crippen molar-refractivity contribution in [3.8, 4) is 0 Å². The SMILES string of the molecule is CCCCN(CC)C(=O)CCCNC(=O)c1ccc(F)cc1F. The van der Waals surface area contributed by atoms with Crippen LogP contribution in [0.3, 0.4) is 0 Å². The number of carbonyl (C=O) groups is 2. The Morgan fingerprint density at radius 2 is 1.91 bits per heavy atom. The van der Waals surface area contributed by atoms with Gasteiger partial charge in [0.2, 0.25) is 5.91 Å². The lowest BCUT2D eigenvalue weighted by Crippen LogP contribution is -2.32. The minimum atomic E-state index is -0.893. The number of unbranched alkanes of at least 4 members (excludes halogenated alkanes) is 1. The van der Waals surface area contributed by atoms with Gasteiger partial charge in [-0.15, -0.1) is 0 Å². The van der Waals surface area contributed by atoms with Crippen molar-refractivity contribution in [1.29, 1.82) is 0 Å². The Kier molecular flexibility index (Phi) is 8.22. The Labute approximate surface area is 135 Å². The van der Waals surface area contributed by atoms with Gasteiger partial charge in [-0.2, -0.15) is 0 Å². The molecule has 0 atom stereocenters. The molecule has 4 nitrogen and oxygen atoms in total. The molecule has 0 spiro atoms. The van der Waals surface area contributed by atoms with E-state index in [4.69, 9.17) is 0 Å². The van der Waals surface area contributed by atoms with Gasteiger partial charge in [-0.25, -0.2) is 8.78 Å². The summed E-state index contributed by atoms with van der Waals surface area (Å²) in [4.78, 5) is 25.6. The number of carbonyl (C=O) groups excluding carboxylic acids is 2. The highest BCUT2D eigenvalue weighted by molar-refractivity contribution is 5.94. The maximum atomic E-state index is 13.4. The number of rotatable bonds is 9. The van der Waals surface area contributed by atoms with Gasteiger partial charge in [-0.1, -0.05) is 13.3 Å². The van der Waals surface area contributed by atoms with Crippen LogP contribution in [0, 0.1) is 11.6 Å². The van der Waals surface area contributed by atoms with E-state index >= 15 is 0 Å². The van der Waals surface area contributed by atoms with Crippen molar-refractivity contribution in [2.45, 2.75) is 39.5 Å². The highest BCUT2D eigenvalue weighted by atomic mass is 19.1. The number of halogens is 2. The summed E-state index contributed by atoms with van der Waals surface area (Å²) in [5, 5.41) is 2.54. The highest BCUT2D eigenvalue weighted by Crippen LogP contribution is 2.09. The lowest BCUT2D eigenvalue weighted by atomic mass is 10.2. The molecule has 0 radical (unpaired) electrons. The lowest BCUT2D eigenvalue weighted by Gasteiger charge is -2.20. The standard InChI is InChI=1S/C17H24F2N2O2/c1-3-5-11-21(4-2)16(22)7-6-10-20-17(23)14-9-8-13(18)12-15(14)19/h8-9,12H,3-7,10-11H2,1-2H3,(H,20,23). The predicted molar refractivity (Wildman–Crippen MR) is 85.1 cm³/mol. The van der Waals surface area contributed by atoms with Crippen LogP contribution < -0.4 is 5.32 Å². The van der Waals surface area contributed by atoms with Gasteiger partial charge in [0.25, 0.3) is 5.91 Å². The Morgan fingerprint density at radius 1 is 1.17 bits per heavy atom. The molecule has 0 heterocycles. The van der Waals surface area contributed by atoms with Crippen molar-refractivity contribution in [3.63, 3.8) is 0 Å². The van der Waals surface area contributed by atoms with Gasteiger partial charge < -0.3 is 10.2 Å². The second-order valence-corrected chi connectivity index (χ2v) is 5.31. The molecule has 1 aromatic rings.